The summed E-state index contributed by atoms with van der Waals surface area (Å²) in [7, 11) is -0.715. The monoisotopic (exact) mass is 482 g/mol. The Morgan fingerprint density at radius 1 is 1.00 bits per heavy atom. The van der Waals surface area contributed by atoms with E-state index >= 15 is 0 Å². The molecule has 7 nitrogen and oxygen atoms in total. The summed E-state index contributed by atoms with van der Waals surface area (Å²) in [4.78, 5) is 25.1. The van der Waals surface area contributed by atoms with Gasteiger partial charge in [-0.3, -0.25) is 14.9 Å². The lowest BCUT2D eigenvalue weighted by molar-refractivity contribution is -0.387. The molecule has 9 heteroatoms. The molecule has 33 heavy (non-hydrogen) atoms. The molecule has 0 aliphatic carbocycles. The van der Waals surface area contributed by atoms with Crippen molar-refractivity contribution in [1.29, 1.82) is 0 Å². The second-order valence-electron chi connectivity index (χ2n) is 7.41. The average molecular weight is 483 g/mol. The van der Waals surface area contributed by atoms with Gasteiger partial charge >= 0.3 is 0 Å². The van der Waals surface area contributed by atoms with E-state index in [0.717, 1.165) is 14.8 Å². The van der Waals surface area contributed by atoms with Crippen LogP contribution in [0.5, 0.6) is 0 Å². The van der Waals surface area contributed by atoms with Crippen molar-refractivity contribution in [3.05, 3.63) is 99.6 Å². The van der Waals surface area contributed by atoms with E-state index in [1.807, 2.05) is 31.2 Å². The number of allylic oxidation sites excluding steroid dienone is 1. The molecule has 170 valence electrons. The molecule has 0 heterocycles. The lowest BCUT2D eigenvalue weighted by atomic mass is 10.1. The predicted octanol–water partition coefficient (Wildman–Crippen LogP) is 5.20. The summed E-state index contributed by atoms with van der Waals surface area (Å²) in [5.41, 5.74) is 1.88. The van der Waals surface area contributed by atoms with Gasteiger partial charge in [0.2, 0.25) is 10.0 Å². The first-order valence-electron chi connectivity index (χ1n) is 9.86. The number of hydrogen-bond donors (Lipinski definition) is 0. The normalized spacial score (nSPS) is 11.8. The fraction of sp³-hybridized carbons (Fsp3) is 0.125. The summed E-state index contributed by atoms with van der Waals surface area (Å²) in [5, 5.41) is 11.6. The quantitative estimate of drug-likeness (QED) is 0.189. The molecule has 0 spiro atoms. The maximum atomic E-state index is 12.5. The molecule has 0 radical (unpaired) electrons. The van der Waals surface area contributed by atoms with Crippen LogP contribution in [0.1, 0.15) is 21.5 Å². The van der Waals surface area contributed by atoms with Gasteiger partial charge in [0, 0.05) is 30.6 Å². The van der Waals surface area contributed by atoms with Gasteiger partial charge in [-0.25, -0.2) is 12.7 Å². The number of rotatable bonds is 8. The Kier molecular flexibility index (Phi) is 7.47. The predicted molar refractivity (Wildman–Crippen MR) is 129 cm³/mol. The van der Waals surface area contributed by atoms with Gasteiger partial charge in [0.1, 0.15) is 0 Å². The van der Waals surface area contributed by atoms with Crippen LogP contribution < -0.4 is 0 Å². The number of ketones is 1. The number of sulfonamides is 1. The van der Waals surface area contributed by atoms with E-state index < -0.39 is 14.9 Å². The minimum atomic E-state index is -3.58. The molecular formula is C24H22N2O5S2. The van der Waals surface area contributed by atoms with E-state index in [-0.39, 0.29) is 16.4 Å². The summed E-state index contributed by atoms with van der Waals surface area (Å²) in [6.45, 7) is 1.97. The van der Waals surface area contributed by atoms with Crippen LogP contribution in [0.4, 0.5) is 5.69 Å². The van der Waals surface area contributed by atoms with Crippen LogP contribution in [0.15, 0.2) is 87.5 Å². The Hall–Kier alpha value is -3.27. The molecule has 0 unspecified atom stereocenters. The molecule has 0 atom stereocenters. The molecule has 0 bridgehead atoms. The number of benzene rings is 3. The number of nitro groups is 1. The third kappa shape index (κ3) is 5.95. The highest BCUT2D eigenvalue weighted by molar-refractivity contribution is 7.99. The van der Waals surface area contributed by atoms with E-state index in [4.69, 9.17) is 0 Å². The van der Waals surface area contributed by atoms with Crippen LogP contribution in [0.3, 0.4) is 0 Å². The van der Waals surface area contributed by atoms with E-state index in [1.54, 1.807) is 12.1 Å². The molecule has 0 fully saturated rings. The van der Waals surface area contributed by atoms with Gasteiger partial charge in [-0.15, -0.1) is 0 Å². The highest BCUT2D eigenvalue weighted by atomic mass is 32.2. The molecule has 0 aromatic heterocycles. The molecule has 0 aliphatic rings. The molecule has 3 aromatic carbocycles. The summed E-state index contributed by atoms with van der Waals surface area (Å²) < 4.78 is 25.4. The van der Waals surface area contributed by atoms with Gasteiger partial charge < -0.3 is 0 Å². The fourth-order valence-corrected chi connectivity index (χ4v) is 4.67. The second kappa shape index (κ2) is 10.1. The van der Waals surface area contributed by atoms with Crippen LogP contribution in [-0.4, -0.2) is 37.5 Å². The molecule has 0 saturated heterocycles. The molecule has 3 rings (SSSR count). The number of nitro benzene ring substituents is 1. The van der Waals surface area contributed by atoms with E-state index in [9.17, 15) is 23.3 Å². The first kappa shape index (κ1) is 24.4. The van der Waals surface area contributed by atoms with Crippen molar-refractivity contribution in [2.24, 2.45) is 0 Å². The van der Waals surface area contributed by atoms with Crippen LogP contribution in [-0.2, 0) is 10.0 Å². The van der Waals surface area contributed by atoms with Crippen molar-refractivity contribution in [2.45, 2.75) is 21.6 Å². The largest absolute Gasteiger partial charge is 0.289 e. The lowest BCUT2D eigenvalue weighted by Crippen LogP contribution is -2.22. The third-order valence-electron chi connectivity index (χ3n) is 4.77. The molecule has 0 aliphatic heterocycles. The zero-order valence-electron chi connectivity index (χ0n) is 18.3. The Morgan fingerprint density at radius 3 is 2.21 bits per heavy atom. The summed E-state index contributed by atoms with van der Waals surface area (Å²) >= 11 is 1.30. The van der Waals surface area contributed by atoms with Gasteiger partial charge in [0.15, 0.2) is 5.78 Å². The van der Waals surface area contributed by atoms with Crippen molar-refractivity contribution in [1.82, 2.24) is 4.31 Å². The Morgan fingerprint density at radius 2 is 1.64 bits per heavy atom. The maximum Gasteiger partial charge on any atom is 0.283 e. The average Bonchev–Trinajstić information content (AvgIpc) is 2.79. The second-order valence-corrected chi connectivity index (χ2v) is 10.7. The number of aryl methyl sites for hydroxylation is 1. The highest BCUT2D eigenvalue weighted by Gasteiger charge is 2.18. The van der Waals surface area contributed by atoms with Gasteiger partial charge in [0.05, 0.1) is 14.7 Å². The lowest BCUT2D eigenvalue weighted by Gasteiger charge is -2.11. The fourth-order valence-electron chi connectivity index (χ4n) is 2.87. The smallest absolute Gasteiger partial charge is 0.283 e. The minimum absolute atomic E-state index is 0.0478. The number of carbonyl (C=O) groups is 1. The number of nitrogens with zero attached hydrogens (tertiary/aromatic N) is 2. The summed E-state index contributed by atoms with van der Waals surface area (Å²) in [5.74, 6) is -0.343. The number of carbonyl (C=O) groups excluding carboxylic acids is 1. The van der Waals surface area contributed by atoms with Crippen LogP contribution in [0.25, 0.3) is 6.08 Å². The molecule has 0 amide bonds. The molecular weight excluding hydrogens is 460 g/mol. The van der Waals surface area contributed by atoms with Crippen molar-refractivity contribution in [2.75, 3.05) is 14.1 Å². The minimum Gasteiger partial charge on any atom is -0.289 e. The van der Waals surface area contributed by atoms with Crippen LogP contribution >= 0.6 is 11.8 Å². The Bertz CT molecular complexity index is 1310. The molecule has 0 saturated carbocycles. The first-order chi connectivity index (χ1) is 15.6. The Balaban J connectivity index is 1.79. The SMILES string of the molecule is Cc1ccc(Sc2ccc(C=CC(=O)c3ccc(S(=O)(=O)N(C)C)cc3)cc2[N+](=O)[O-])cc1. The Labute approximate surface area is 197 Å². The van der Waals surface area contributed by atoms with E-state index in [1.165, 1.54) is 68.3 Å². The van der Waals surface area contributed by atoms with Crippen molar-refractivity contribution in [3.63, 3.8) is 0 Å². The van der Waals surface area contributed by atoms with E-state index in [0.29, 0.717) is 16.0 Å². The first-order valence-corrected chi connectivity index (χ1v) is 12.1. The molecule has 3 aromatic rings. The summed E-state index contributed by atoms with van der Waals surface area (Å²) in [6, 6.07) is 18.1. The standard InChI is InChI=1S/C24H22N2O5S2/c1-17-4-10-20(11-5-17)32-24-15-7-18(16-22(24)26(28)29)6-14-23(27)19-8-12-21(13-9-19)33(30,31)25(2)3/h4-16H,1-3H3. The van der Waals surface area contributed by atoms with Gasteiger partial charge in [-0.2, -0.15) is 0 Å². The van der Waals surface area contributed by atoms with Crippen LogP contribution in [0, 0.1) is 17.0 Å². The van der Waals surface area contributed by atoms with Crippen molar-refractivity contribution in [3.8, 4) is 0 Å². The molecule has 0 N–H and O–H groups in total. The zero-order valence-corrected chi connectivity index (χ0v) is 19.9. The highest BCUT2D eigenvalue weighted by Crippen LogP contribution is 2.35. The zero-order chi connectivity index (χ0) is 24.2. The maximum absolute atomic E-state index is 12.5. The van der Waals surface area contributed by atoms with Gasteiger partial charge in [-0.1, -0.05) is 41.6 Å². The number of hydrogen-bond acceptors (Lipinski definition) is 6. The topological polar surface area (TPSA) is 97.6 Å². The van der Waals surface area contributed by atoms with Gasteiger partial charge in [-0.05, 0) is 61.0 Å². The third-order valence-corrected chi connectivity index (χ3v) is 7.68. The van der Waals surface area contributed by atoms with Gasteiger partial charge in [0.25, 0.3) is 5.69 Å². The van der Waals surface area contributed by atoms with E-state index in [2.05, 4.69) is 0 Å². The van der Waals surface area contributed by atoms with Crippen molar-refractivity contribution >= 4 is 39.3 Å². The summed E-state index contributed by atoms with van der Waals surface area (Å²) in [6.07, 6.45) is 2.81. The van der Waals surface area contributed by atoms with Crippen LogP contribution in [0.2, 0.25) is 0 Å². The van der Waals surface area contributed by atoms with Crippen molar-refractivity contribution < 1.29 is 18.1 Å².